The van der Waals surface area contributed by atoms with E-state index in [2.05, 4.69) is 10.6 Å². The lowest BCUT2D eigenvalue weighted by Crippen LogP contribution is -2.62. The van der Waals surface area contributed by atoms with Gasteiger partial charge in [-0.2, -0.15) is 0 Å². The summed E-state index contributed by atoms with van der Waals surface area (Å²) in [6, 6.07) is 3.09. The van der Waals surface area contributed by atoms with Gasteiger partial charge < -0.3 is 31.5 Å². The Labute approximate surface area is 237 Å². The maximum absolute atomic E-state index is 13.5. The zero-order valence-electron chi connectivity index (χ0n) is 22.8. The van der Waals surface area contributed by atoms with Gasteiger partial charge in [-0.15, -0.1) is 0 Å². The van der Waals surface area contributed by atoms with Crippen LogP contribution in [0.5, 0.6) is 0 Å². The van der Waals surface area contributed by atoms with Crippen LogP contribution in [0.15, 0.2) is 24.3 Å². The Morgan fingerprint density at radius 1 is 1.02 bits per heavy atom. The molecule has 12 nitrogen and oxygen atoms in total. The number of nitrogen functional groups attached to an aromatic ring is 1. The molecule has 1 aromatic rings. The van der Waals surface area contributed by atoms with Crippen molar-refractivity contribution in [3.8, 4) is 0 Å². The molecule has 0 spiro atoms. The molecule has 0 unspecified atom stereocenters. The molecule has 12 heteroatoms. The average Bonchev–Trinajstić information content (AvgIpc) is 3.24. The molecule has 3 atom stereocenters. The Morgan fingerprint density at radius 3 is 2.12 bits per heavy atom. The number of hydrogen-bond donors (Lipinski definition) is 6. The Kier molecular flexibility index (Phi) is 7.76. The van der Waals surface area contributed by atoms with E-state index in [0.29, 0.717) is 28.9 Å². The summed E-state index contributed by atoms with van der Waals surface area (Å²) in [7, 11) is 0. The number of carboxylic acid groups (broad SMARTS) is 2. The largest absolute Gasteiger partial charge is 0.481 e. The number of nitrogens with one attached hydrogen (secondary N) is 3. The Balaban J connectivity index is 1.25. The number of carboxylic acids is 2. The lowest BCUT2D eigenvalue weighted by Gasteiger charge is -2.58. The van der Waals surface area contributed by atoms with Crippen molar-refractivity contribution in [1.29, 1.82) is 5.41 Å². The van der Waals surface area contributed by atoms with Crippen LogP contribution in [0.1, 0.15) is 62.5 Å². The molecule has 1 heterocycles. The van der Waals surface area contributed by atoms with Crippen molar-refractivity contribution >= 4 is 35.5 Å². The molecule has 4 bridgehead atoms. The second kappa shape index (κ2) is 11.1. The lowest BCUT2D eigenvalue weighted by atomic mass is 9.47. The first-order valence-corrected chi connectivity index (χ1v) is 14.2. The van der Waals surface area contributed by atoms with Crippen LogP contribution in [0.2, 0.25) is 0 Å². The fourth-order valence-electron chi connectivity index (χ4n) is 8.13. The summed E-state index contributed by atoms with van der Waals surface area (Å²) in [6.45, 7) is 0.0531. The second-order valence-electron chi connectivity index (χ2n) is 12.4. The molecule has 1 saturated heterocycles. The number of hydrogen-bond acceptors (Lipinski definition) is 6. The Hall–Kier alpha value is -3.96. The van der Waals surface area contributed by atoms with E-state index in [4.69, 9.17) is 11.1 Å². The van der Waals surface area contributed by atoms with Gasteiger partial charge >= 0.3 is 11.9 Å². The molecular weight excluding hydrogens is 530 g/mol. The van der Waals surface area contributed by atoms with E-state index < -0.39 is 59.6 Å². The van der Waals surface area contributed by atoms with Crippen molar-refractivity contribution in [2.24, 2.45) is 28.9 Å². The Bertz CT molecular complexity index is 1230. The van der Waals surface area contributed by atoms with Crippen LogP contribution < -0.4 is 16.4 Å². The molecule has 4 saturated carbocycles. The van der Waals surface area contributed by atoms with E-state index in [1.165, 1.54) is 0 Å². The lowest BCUT2D eigenvalue weighted by molar-refractivity contribution is -0.156. The van der Waals surface area contributed by atoms with Gasteiger partial charge in [-0.25, -0.2) is 4.79 Å². The summed E-state index contributed by atoms with van der Waals surface area (Å²) in [5, 5.41) is 32.5. The molecule has 5 aliphatic rings. The van der Waals surface area contributed by atoms with Crippen LogP contribution in [-0.2, 0) is 30.4 Å². The van der Waals surface area contributed by atoms with E-state index in [1.807, 2.05) is 0 Å². The summed E-state index contributed by atoms with van der Waals surface area (Å²) in [5.41, 5.74) is 6.07. The summed E-state index contributed by atoms with van der Waals surface area (Å²) in [6.07, 6.45) is 4.98. The van der Waals surface area contributed by atoms with Crippen molar-refractivity contribution in [1.82, 2.24) is 15.5 Å². The quantitative estimate of drug-likeness (QED) is 0.167. The topological polar surface area (TPSA) is 203 Å². The van der Waals surface area contributed by atoms with Gasteiger partial charge in [0.05, 0.1) is 12.8 Å². The van der Waals surface area contributed by atoms with Gasteiger partial charge in [0.25, 0.3) is 0 Å². The van der Waals surface area contributed by atoms with Crippen LogP contribution in [0.25, 0.3) is 0 Å². The summed E-state index contributed by atoms with van der Waals surface area (Å²) in [5.74, 6) is -2.96. The van der Waals surface area contributed by atoms with Gasteiger partial charge in [-0.05, 0) is 68.3 Å². The number of aliphatic carboxylic acids is 2. The fraction of sp³-hybridized carbons (Fsp3) is 0.586. The highest BCUT2D eigenvalue weighted by atomic mass is 16.4. The highest BCUT2D eigenvalue weighted by Crippen LogP contribution is 2.61. The van der Waals surface area contributed by atoms with Gasteiger partial charge in [0.2, 0.25) is 17.7 Å². The molecule has 5 fully saturated rings. The maximum atomic E-state index is 13.5. The first-order valence-electron chi connectivity index (χ1n) is 14.2. The molecule has 7 N–H and O–H groups in total. The molecule has 220 valence electrons. The third kappa shape index (κ3) is 5.91. The van der Waals surface area contributed by atoms with Crippen molar-refractivity contribution in [3.05, 3.63) is 35.4 Å². The number of nitrogens with two attached hydrogens (primary N) is 1. The van der Waals surface area contributed by atoms with Crippen molar-refractivity contribution in [3.63, 3.8) is 0 Å². The molecule has 41 heavy (non-hydrogen) atoms. The standard InChI is InChI=1S/C29H37N5O7/c30-25(31)19-3-1-15(2-4-19)10-22(35)32-20-5-6-34(27(20)39)21(11-23(36)37)26(38)33-24(28(40)41)29-12-16-7-17(13-29)9-18(8-16)14-29/h1-4,16-18,20-21,24H,5-14H2,(H3,30,31)(H,32,35)(H,33,38)(H,36,37)(H,40,41)/t16?,17?,18?,20-,21-,24+,29?/m0/s1. The normalized spacial score (nSPS) is 29.6. The number of amides is 3. The number of benzene rings is 1. The van der Waals surface area contributed by atoms with Crippen LogP contribution >= 0.6 is 0 Å². The average molecular weight is 568 g/mol. The summed E-state index contributed by atoms with van der Waals surface area (Å²) in [4.78, 5) is 64.8. The fourth-order valence-corrected chi connectivity index (χ4v) is 8.13. The third-order valence-corrected chi connectivity index (χ3v) is 9.48. The first-order chi connectivity index (χ1) is 19.4. The maximum Gasteiger partial charge on any atom is 0.326 e. The molecule has 1 aromatic carbocycles. The van der Waals surface area contributed by atoms with Crippen molar-refractivity contribution in [2.45, 2.75) is 75.9 Å². The van der Waals surface area contributed by atoms with Crippen LogP contribution in [0, 0.1) is 28.6 Å². The third-order valence-electron chi connectivity index (χ3n) is 9.48. The molecule has 1 aliphatic heterocycles. The monoisotopic (exact) mass is 567 g/mol. The number of rotatable bonds is 11. The zero-order chi connectivity index (χ0) is 29.5. The van der Waals surface area contributed by atoms with Gasteiger partial charge in [0.1, 0.15) is 24.0 Å². The molecule has 6 rings (SSSR count). The number of carbonyl (C=O) groups is 5. The smallest absolute Gasteiger partial charge is 0.326 e. The minimum absolute atomic E-state index is 0.0215. The highest BCUT2D eigenvalue weighted by molar-refractivity contribution is 5.97. The summed E-state index contributed by atoms with van der Waals surface area (Å²) < 4.78 is 0. The second-order valence-corrected chi connectivity index (χ2v) is 12.4. The molecular formula is C29H37N5O7. The molecule has 3 amide bonds. The highest BCUT2D eigenvalue weighted by Gasteiger charge is 2.57. The van der Waals surface area contributed by atoms with Crippen LogP contribution in [0.4, 0.5) is 0 Å². The predicted molar refractivity (Wildman–Crippen MR) is 146 cm³/mol. The number of likely N-dealkylation sites (tertiary alicyclic amines) is 1. The van der Waals surface area contributed by atoms with Gasteiger partial charge in [0.15, 0.2) is 0 Å². The predicted octanol–water partition coefficient (Wildman–Crippen LogP) is 0.859. The van der Waals surface area contributed by atoms with Crippen LogP contribution in [-0.4, -0.2) is 75.3 Å². The molecule has 4 aliphatic carbocycles. The number of carbonyl (C=O) groups excluding carboxylic acids is 3. The van der Waals surface area contributed by atoms with E-state index in [9.17, 15) is 34.2 Å². The minimum atomic E-state index is -1.39. The van der Waals surface area contributed by atoms with E-state index in [1.54, 1.807) is 24.3 Å². The number of nitrogens with zero attached hydrogens (tertiary/aromatic N) is 1. The Morgan fingerprint density at radius 2 is 1.61 bits per heavy atom. The molecule has 0 radical (unpaired) electrons. The summed E-state index contributed by atoms with van der Waals surface area (Å²) >= 11 is 0. The van der Waals surface area contributed by atoms with E-state index in [0.717, 1.165) is 43.4 Å². The first kappa shape index (κ1) is 28.6. The van der Waals surface area contributed by atoms with Crippen molar-refractivity contribution in [2.75, 3.05) is 6.54 Å². The van der Waals surface area contributed by atoms with E-state index in [-0.39, 0.29) is 25.2 Å². The van der Waals surface area contributed by atoms with Crippen molar-refractivity contribution < 1.29 is 34.2 Å². The minimum Gasteiger partial charge on any atom is -0.481 e. The zero-order valence-corrected chi connectivity index (χ0v) is 22.8. The van der Waals surface area contributed by atoms with Gasteiger partial charge in [-0.3, -0.25) is 24.6 Å². The SMILES string of the molecule is N=C(N)c1ccc(CC(=O)N[C@H]2CCN([C@@H](CC(=O)O)C(=O)N[C@H](C(=O)O)C34CC5CC(CC(C5)C3)C4)C2=O)cc1. The van der Waals surface area contributed by atoms with Gasteiger partial charge in [0, 0.05) is 17.5 Å². The van der Waals surface area contributed by atoms with E-state index >= 15 is 0 Å². The van der Waals surface area contributed by atoms with Crippen LogP contribution in [0.3, 0.4) is 0 Å². The molecule has 0 aromatic heterocycles. The number of amidine groups is 1. The van der Waals surface area contributed by atoms with Gasteiger partial charge in [-0.1, -0.05) is 24.3 Å².